The summed E-state index contributed by atoms with van der Waals surface area (Å²) < 4.78 is 6.98. The number of hydrazone groups is 1. The Hall–Kier alpha value is -3.41. The van der Waals surface area contributed by atoms with Crippen molar-refractivity contribution in [2.24, 2.45) is 5.10 Å². The molecule has 0 saturated heterocycles. The first-order chi connectivity index (χ1) is 14.7. The zero-order valence-corrected chi connectivity index (χ0v) is 17.1. The Kier molecular flexibility index (Phi) is 5.93. The molecule has 0 radical (unpaired) electrons. The normalized spacial score (nSPS) is 13.4. The maximum atomic E-state index is 12.3. The monoisotopic (exact) mass is 403 g/mol. The second kappa shape index (κ2) is 8.95. The maximum Gasteiger partial charge on any atom is 0.337 e. The molecule has 154 valence electrons. The van der Waals surface area contributed by atoms with Gasteiger partial charge < -0.3 is 9.30 Å². The molecule has 1 aliphatic rings. The van der Waals surface area contributed by atoms with E-state index in [1.54, 1.807) is 30.5 Å². The van der Waals surface area contributed by atoms with E-state index in [0.717, 1.165) is 18.4 Å². The third-order valence-electron chi connectivity index (χ3n) is 5.58. The van der Waals surface area contributed by atoms with Crippen LogP contribution in [0.15, 0.2) is 53.6 Å². The summed E-state index contributed by atoms with van der Waals surface area (Å²) in [6.07, 6.45) is 6.56. The largest absolute Gasteiger partial charge is 0.465 e. The molecule has 1 aliphatic carbocycles. The number of hydrogen-bond donors (Lipinski definition) is 1. The quantitative estimate of drug-likeness (QED) is 0.386. The molecule has 30 heavy (non-hydrogen) atoms. The van der Waals surface area contributed by atoms with Crippen molar-refractivity contribution < 1.29 is 14.3 Å². The average molecular weight is 403 g/mol. The molecule has 0 saturated carbocycles. The molecule has 4 rings (SSSR count). The Balaban J connectivity index is 1.38. The van der Waals surface area contributed by atoms with Crippen LogP contribution in [-0.4, -0.2) is 29.8 Å². The molecule has 1 heterocycles. The first-order valence-electron chi connectivity index (χ1n) is 10.3. The number of carbonyl (C=O) groups excluding carboxylic acids is 2. The minimum Gasteiger partial charge on any atom is -0.465 e. The van der Waals surface area contributed by atoms with E-state index >= 15 is 0 Å². The van der Waals surface area contributed by atoms with Crippen LogP contribution in [0.4, 0.5) is 0 Å². The van der Waals surface area contributed by atoms with E-state index in [0.29, 0.717) is 18.5 Å². The molecule has 6 nitrogen and oxygen atoms in total. The van der Waals surface area contributed by atoms with E-state index in [4.69, 9.17) is 0 Å². The van der Waals surface area contributed by atoms with Gasteiger partial charge in [0.25, 0.3) is 0 Å². The van der Waals surface area contributed by atoms with Gasteiger partial charge in [-0.2, -0.15) is 5.10 Å². The fourth-order valence-corrected chi connectivity index (χ4v) is 4.11. The number of nitrogens with one attached hydrogen (secondary N) is 1. The van der Waals surface area contributed by atoms with Crippen LogP contribution in [0.3, 0.4) is 0 Å². The predicted octanol–water partition coefficient (Wildman–Crippen LogP) is 3.85. The van der Waals surface area contributed by atoms with Gasteiger partial charge >= 0.3 is 5.97 Å². The second-order valence-electron chi connectivity index (χ2n) is 7.46. The lowest BCUT2D eigenvalue weighted by Crippen LogP contribution is -2.20. The van der Waals surface area contributed by atoms with E-state index in [1.165, 1.54) is 42.1 Å². The van der Waals surface area contributed by atoms with Crippen LogP contribution >= 0.6 is 0 Å². The highest BCUT2D eigenvalue weighted by molar-refractivity contribution is 5.91. The lowest BCUT2D eigenvalue weighted by molar-refractivity contribution is -0.121. The molecular formula is C24H25N3O3. The summed E-state index contributed by atoms with van der Waals surface area (Å²) in [6.45, 7) is 0.644. The van der Waals surface area contributed by atoms with E-state index < -0.39 is 0 Å². The van der Waals surface area contributed by atoms with Crippen molar-refractivity contribution in [3.05, 3.63) is 70.9 Å². The number of ether oxygens (including phenoxy) is 1. The number of nitrogens with zero attached hydrogens (tertiary/aromatic N) is 2. The summed E-state index contributed by atoms with van der Waals surface area (Å²) in [5.41, 5.74) is 7.90. The van der Waals surface area contributed by atoms with Gasteiger partial charge in [0, 0.05) is 29.6 Å². The van der Waals surface area contributed by atoms with Gasteiger partial charge in [-0.1, -0.05) is 30.3 Å². The highest BCUT2D eigenvalue weighted by atomic mass is 16.5. The molecule has 1 amide bonds. The van der Waals surface area contributed by atoms with Crippen molar-refractivity contribution >= 4 is 29.0 Å². The summed E-state index contributed by atoms with van der Waals surface area (Å²) in [5, 5.41) is 5.36. The number of esters is 1. The Labute approximate surface area is 175 Å². The Morgan fingerprint density at radius 1 is 1.10 bits per heavy atom. The van der Waals surface area contributed by atoms with Crippen LogP contribution in [0, 0.1) is 0 Å². The molecule has 2 aromatic carbocycles. The van der Waals surface area contributed by atoms with Crippen molar-refractivity contribution in [3.8, 4) is 0 Å². The molecule has 0 spiro atoms. The summed E-state index contributed by atoms with van der Waals surface area (Å²) in [7, 11) is 1.35. The summed E-state index contributed by atoms with van der Waals surface area (Å²) >= 11 is 0. The first kappa shape index (κ1) is 19.9. The van der Waals surface area contributed by atoms with Crippen molar-refractivity contribution in [3.63, 3.8) is 0 Å². The van der Waals surface area contributed by atoms with Gasteiger partial charge in [-0.25, -0.2) is 10.2 Å². The standard InChI is InChI=1S/C24H25N3O3/c1-30-24(29)18-12-10-17(11-13-18)16-25-26-23(28)14-15-27-21-8-4-2-6-19(21)20-7-3-5-9-22(20)27/h2,4,6,8,10-13,16H,3,5,7,9,14-15H2,1H3,(H,26,28)/b25-16-. The smallest absolute Gasteiger partial charge is 0.337 e. The number of amides is 1. The van der Waals surface area contributed by atoms with Crippen LogP contribution in [0.2, 0.25) is 0 Å². The van der Waals surface area contributed by atoms with E-state index in [1.807, 2.05) is 0 Å². The van der Waals surface area contributed by atoms with Crippen molar-refractivity contribution in [2.75, 3.05) is 7.11 Å². The molecule has 0 fully saturated rings. The van der Waals surface area contributed by atoms with Crippen molar-refractivity contribution in [1.82, 2.24) is 9.99 Å². The summed E-state index contributed by atoms with van der Waals surface area (Å²) in [4.78, 5) is 23.8. The number of para-hydroxylation sites is 1. The number of carbonyl (C=O) groups is 2. The Morgan fingerprint density at radius 3 is 2.67 bits per heavy atom. The molecule has 1 N–H and O–H groups in total. The lowest BCUT2D eigenvalue weighted by atomic mass is 9.95. The molecule has 6 heteroatoms. The molecule has 0 atom stereocenters. The van der Waals surface area contributed by atoms with Gasteiger partial charge in [0.1, 0.15) is 0 Å². The fraction of sp³-hybridized carbons (Fsp3) is 0.292. The topological polar surface area (TPSA) is 72.7 Å². The number of aryl methyl sites for hydroxylation is 2. The van der Waals surface area contributed by atoms with Crippen LogP contribution in [0.25, 0.3) is 10.9 Å². The molecule has 0 unspecified atom stereocenters. The minimum absolute atomic E-state index is 0.125. The zero-order valence-electron chi connectivity index (χ0n) is 17.1. The van der Waals surface area contributed by atoms with E-state index in [2.05, 4.69) is 44.1 Å². The molecule has 1 aromatic heterocycles. The number of aromatic nitrogens is 1. The summed E-state index contributed by atoms with van der Waals surface area (Å²) in [6, 6.07) is 15.3. The molecular weight excluding hydrogens is 378 g/mol. The zero-order chi connectivity index (χ0) is 20.9. The second-order valence-corrected chi connectivity index (χ2v) is 7.46. The third-order valence-corrected chi connectivity index (χ3v) is 5.58. The number of methoxy groups -OCH3 is 1. The number of rotatable bonds is 6. The van der Waals surface area contributed by atoms with Crippen LogP contribution < -0.4 is 5.43 Å². The van der Waals surface area contributed by atoms with E-state index in [9.17, 15) is 9.59 Å². The molecule has 0 bridgehead atoms. The highest BCUT2D eigenvalue weighted by Gasteiger charge is 2.19. The van der Waals surface area contributed by atoms with Gasteiger partial charge in [-0.15, -0.1) is 0 Å². The SMILES string of the molecule is COC(=O)c1ccc(/C=N\NC(=O)CCn2c3c(c4ccccc42)CCCC3)cc1. The average Bonchev–Trinajstić information content (AvgIpc) is 3.11. The number of fused-ring (bicyclic) bond motifs is 3. The van der Waals surface area contributed by atoms with Gasteiger partial charge in [-0.3, -0.25) is 4.79 Å². The van der Waals surface area contributed by atoms with Crippen LogP contribution in [0.1, 0.15) is 46.4 Å². The highest BCUT2D eigenvalue weighted by Crippen LogP contribution is 2.32. The van der Waals surface area contributed by atoms with Crippen LogP contribution in [-0.2, 0) is 28.9 Å². The predicted molar refractivity (Wildman–Crippen MR) is 117 cm³/mol. The molecule has 0 aliphatic heterocycles. The summed E-state index contributed by atoms with van der Waals surface area (Å²) in [5.74, 6) is -0.508. The minimum atomic E-state index is -0.383. The van der Waals surface area contributed by atoms with Crippen LogP contribution in [0.5, 0.6) is 0 Å². The maximum absolute atomic E-state index is 12.3. The van der Waals surface area contributed by atoms with Gasteiger partial charge in [0.15, 0.2) is 0 Å². The van der Waals surface area contributed by atoms with Gasteiger partial charge in [0.2, 0.25) is 5.91 Å². The number of benzene rings is 2. The van der Waals surface area contributed by atoms with E-state index in [-0.39, 0.29) is 11.9 Å². The lowest BCUT2D eigenvalue weighted by Gasteiger charge is -2.15. The van der Waals surface area contributed by atoms with Gasteiger partial charge in [0.05, 0.1) is 18.9 Å². The third kappa shape index (κ3) is 4.13. The Morgan fingerprint density at radius 2 is 1.87 bits per heavy atom. The molecule has 3 aromatic rings. The van der Waals surface area contributed by atoms with Crippen molar-refractivity contribution in [2.45, 2.75) is 38.6 Å². The Bertz CT molecular complexity index is 1100. The number of hydrogen-bond acceptors (Lipinski definition) is 4. The first-order valence-corrected chi connectivity index (χ1v) is 10.3. The van der Waals surface area contributed by atoms with Crippen molar-refractivity contribution in [1.29, 1.82) is 0 Å². The van der Waals surface area contributed by atoms with Gasteiger partial charge in [-0.05, 0) is 55.0 Å². The fourth-order valence-electron chi connectivity index (χ4n) is 4.11.